The number of phenolic OH excluding ortho intramolecular Hbond substituents is 2. The molecule has 0 fully saturated rings. The highest BCUT2D eigenvalue weighted by Crippen LogP contribution is 2.34. The maximum absolute atomic E-state index is 11.1. The van der Waals surface area contributed by atoms with Gasteiger partial charge in [-0.3, -0.25) is 10.1 Å². The van der Waals surface area contributed by atoms with Gasteiger partial charge in [-0.2, -0.15) is 0 Å². The highest BCUT2D eigenvalue weighted by Gasteiger charge is 2.19. The van der Waals surface area contributed by atoms with Crippen molar-refractivity contribution in [2.75, 3.05) is 5.32 Å². The molecule has 2 aromatic carbocycles. The van der Waals surface area contributed by atoms with Gasteiger partial charge in [0.1, 0.15) is 17.2 Å². The molecule has 0 heterocycles. The van der Waals surface area contributed by atoms with E-state index >= 15 is 0 Å². The highest BCUT2D eigenvalue weighted by atomic mass is 16.6. The second-order valence-corrected chi connectivity index (χ2v) is 4.62. The summed E-state index contributed by atoms with van der Waals surface area (Å²) in [6.45, 7) is 1.91. The van der Waals surface area contributed by atoms with E-state index in [1.165, 1.54) is 12.1 Å². The molecule has 3 N–H and O–H groups in total. The number of benzene rings is 2. The van der Waals surface area contributed by atoms with Gasteiger partial charge in [0, 0.05) is 5.56 Å². The van der Waals surface area contributed by atoms with Crippen LogP contribution >= 0.6 is 0 Å². The minimum atomic E-state index is -0.556. The van der Waals surface area contributed by atoms with Crippen LogP contribution < -0.4 is 5.32 Å². The van der Waals surface area contributed by atoms with Crippen LogP contribution in [0.5, 0.6) is 11.5 Å². The molecule has 0 aliphatic carbocycles. The molecular weight excluding hydrogens is 272 g/mol. The lowest BCUT2D eigenvalue weighted by molar-refractivity contribution is -0.384. The van der Waals surface area contributed by atoms with Crippen molar-refractivity contribution < 1.29 is 15.1 Å². The molecule has 2 rings (SSSR count). The summed E-state index contributed by atoms with van der Waals surface area (Å²) in [6.07, 6.45) is 0.635. The van der Waals surface area contributed by atoms with E-state index in [9.17, 15) is 20.3 Å². The summed E-state index contributed by atoms with van der Waals surface area (Å²) in [5, 5.41) is 33.4. The number of nitrogens with zero attached hydrogens (tertiary/aromatic N) is 1. The fourth-order valence-corrected chi connectivity index (χ4v) is 2.16. The third-order valence-corrected chi connectivity index (χ3v) is 3.23. The molecule has 0 spiro atoms. The third kappa shape index (κ3) is 3.22. The first-order valence-corrected chi connectivity index (χ1v) is 6.54. The van der Waals surface area contributed by atoms with Crippen molar-refractivity contribution in [2.24, 2.45) is 0 Å². The van der Waals surface area contributed by atoms with Crippen molar-refractivity contribution in [3.63, 3.8) is 0 Å². The SMILES string of the molecule is CCC(Nc1ccc(O)cc1[N+](=O)[O-])c1ccccc1O. The van der Waals surface area contributed by atoms with Crippen molar-refractivity contribution in [2.45, 2.75) is 19.4 Å². The van der Waals surface area contributed by atoms with E-state index in [1.54, 1.807) is 24.3 Å². The zero-order valence-corrected chi connectivity index (χ0v) is 11.5. The van der Waals surface area contributed by atoms with E-state index in [2.05, 4.69) is 5.32 Å². The van der Waals surface area contributed by atoms with Crippen LogP contribution in [-0.4, -0.2) is 15.1 Å². The second kappa shape index (κ2) is 6.13. The molecule has 1 atom stereocenters. The Bertz CT molecular complexity index is 658. The number of nitro benzene ring substituents is 1. The van der Waals surface area contributed by atoms with Gasteiger partial charge in [-0.15, -0.1) is 0 Å². The van der Waals surface area contributed by atoms with Crippen LogP contribution in [0.25, 0.3) is 0 Å². The molecule has 110 valence electrons. The highest BCUT2D eigenvalue weighted by molar-refractivity contribution is 5.64. The number of aromatic hydroxyl groups is 2. The average Bonchev–Trinajstić information content (AvgIpc) is 2.46. The summed E-state index contributed by atoms with van der Waals surface area (Å²) >= 11 is 0. The molecule has 0 radical (unpaired) electrons. The largest absolute Gasteiger partial charge is 0.508 e. The lowest BCUT2D eigenvalue weighted by atomic mass is 10.0. The van der Waals surface area contributed by atoms with Gasteiger partial charge in [0.25, 0.3) is 5.69 Å². The molecule has 0 aromatic heterocycles. The molecule has 6 heteroatoms. The standard InChI is InChI=1S/C15H16N2O4/c1-2-12(11-5-3-4-6-15(11)19)16-13-8-7-10(18)9-14(13)17(20)21/h3-9,12,16,18-19H,2H2,1H3. The zero-order valence-electron chi connectivity index (χ0n) is 11.5. The third-order valence-electron chi connectivity index (χ3n) is 3.23. The van der Waals surface area contributed by atoms with Crippen LogP contribution in [0.3, 0.4) is 0 Å². The summed E-state index contributed by atoms with van der Waals surface area (Å²) in [4.78, 5) is 10.5. The number of anilines is 1. The average molecular weight is 288 g/mol. The molecule has 0 saturated carbocycles. The number of phenols is 2. The Balaban J connectivity index is 2.36. The number of rotatable bonds is 5. The van der Waals surface area contributed by atoms with Crippen LogP contribution in [0.15, 0.2) is 42.5 Å². The maximum Gasteiger partial charge on any atom is 0.296 e. The summed E-state index contributed by atoms with van der Waals surface area (Å²) < 4.78 is 0. The first-order chi connectivity index (χ1) is 10.0. The van der Waals surface area contributed by atoms with E-state index in [1.807, 2.05) is 6.92 Å². The van der Waals surface area contributed by atoms with E-state index in [0.717, 1.165) is 6.07 Å². The van der Waals surface area contributed by atoms with Crippen molar-refractivity contribution in [3.05, 3.63) is 58.1 Å². The first-order valence-electron chi connectivity index (χ1n) is 6.54. The summed E-state index contributed by atoms with van der Waals surface area (Å²) in [7, 11) is 0. The zero-order chi connectivity index (χ0) is 15.4. The summed E-state index contributed by atoms with van der Waals surface area (Å²) in [5.41, 5.74) is 0.763. The van der Waals surface area contributed by atoms with Crippen molar-refractivity contribution in [3.8, 4) is 11.5 Å². The van der Waals surface area contributed by atoms with Gasteiger partial charge in [-0.25, -0.2) is 0 Å². The molecule has 0 aliphatic rings. The van der Waals surface area contributed by atoms with Gasteiger partial charge in [0.15, 0.2) is 0 Å². The molecule has 2 aromatic rings. The molecule has 1 unspecified atom stereocenters. The molecule has 0 amide bonds. The minimum absolute atomic E-state index is 0.137. The number of nitrogens with one attached hydrogen (secondary N) is 1. The Hall–Kier alpha value is -2.76. The Labute approximate surface area is 121 Å². The Morgan fingerprint density at radius 1 is 1.24 bits per heavy atom. The number of hydrogen-bond donors (Lipinski definition) is 3. The van der Waals surface area contributed by atoms with Crippen LogP contribution in [-0.2, 0) is 0 Å². The van der Waals surface area contributed by atoms with Crippen molar-refractivity contribution in [1.29, 1.82) is 0 Å². The number of para-hydroxylation sites is 1. The topological polar surface area (TPSA) is 95.6 Å². The van der Waals surface area contributed by atoms with Gasteiger partial charge in [0.2, 0.25) is 0 Å². The molecular formula is C15H16N2O4. The monoisotopic (exact) mass is 288 g/mol. The maximum atomic E-state index is 11.1. The lowest BCUT2D eigenvalue weighted by Crippen LogP contribution is -2.11. The van der Waals surface area contributed by atoms with Crippen LogP contribution in [0.2, 0.25) is 0 Å². The summed E-state index contributed by atoms with van der Waals surface area (Å²) in [6, 6.07) is 10.5. The first kappa shape index (κ1) is 14.6. The van der Waals surface area contributed by atoms with Crippen LogP contribution in [0, 0.1) is 10.1 Å². The van der Waals surface area contributed by atoms with Crippen molar-refractivity contribution >= 4 is 11.4 Å². The smallest absolute Gasteiger partial charge is 0.296 e. The predicted molar refractivity (Wildman–Crippen MR) is 79.5 cm³/mol. The molecule has 6 nitrogen and oxygen atoms in total. The van der Waals surface area contributed by atoms with E-state index in [4.69, 9.17) is 0 Å². The molecule has 21 heavy (non-hydrogen) atoms. The van der Waals surface area contributed by atoms with Crippen molar-refractivity contribution in [1.82, 2.24) is 0 Å². The normalized spacial score (nSPS) is 11.9. The molecule has 0 saturated heterocycles. The van der Waals surface area contributed by atoms with E-state index in [-0.39, 0.29) is 23.2 Å². The summed E-state index contributed by atoms with van der Waals surface area (Å²) in [5.74, 6) is -0.0267. The van der Waals surface area contributed by atoms with Gasteiger partial charge in [-0.05, 0) is 24.6 Å². The van der Waals surface area contributed by atoms with Crippen LogP contribution in [0.4, 0.5) is 11.4 Å². The lowest BCUT2D eigenvalue weighted by Gasteiger charge is -2.19. The molecule has 0 bridgehead atoms. The van der Waals surface area contributed by atoms with Gasteiger partial charge >= 0.3 is 0 Å². The minimum Gasteiger partial charge on any atom is -0.508 e. The number of hydrogen-bond acceptors (Lipinski definition) is 5. The Morgan fingerprint density at radius 3 is 2.57 bits per heavy atom. The quantitative estimate of drug-likeness (QED) is 0.444. The van der Waals surface area contributed by atoms with Gasteiger partial charge in [0.05, 0.1) is 17.0 Å². The van der Waals surface area contributed by atoms with E-state index < -0.39 is 4.92 Å². The Kier molecular flexibility index (Phi) is 4.27. The fourth-order valence-electron chi connectivity index (χ4n) is 2.16. The second-order valence-electron chi connectivity index (χ2n) is 4.62. The van der Waals surface area contributed by atoms with E-state index in [0.29, 0.717) is 17.7 Å². The molecule has 0 aliphatic heterocycles. The van der Waals surface area contributed by atoms with Gasteiger partial charge < -0.3 is 15.5 Å². The number of nitro groups is 1. The predicted octanol–water partition coefficient (Wildman–Crippen LogP) is 3.57. The fraction of sp³-hybridized carbons (Fsp3) is 0.200. The van der Waals surface area contributed by atoms with Crippen LogP contribution in [0.1, 0.15) is 24.9 Å². The Morgan fingerprint density at radius 2 is 1.95 bits per heavy atom. The van der Waals surface area contributed by atoms with Gasteiger partial charge in [-0.1, -0.05) is 25.1 Å².